The lowest BCUT2D eigenvalue weighted by atomic mass is 9.97. The Balaban J connectivity index is 0. The summed E-state index contributed by atoms with van der Waals surface area (Å²) in [7, 11) is 0. The Bertz CT molecular complexity index is 352. The van der Waals surface area contributed by atoms with E-state index in [4.69, 9.17) is 4.74 Å². The molecule has 1 rings (SSSR count). The van der Waals surface area contributed by atoms with Crippen LogP contribution in [0.3, 0.4) is 0 Å². The number of hydrogen-bond acceptors (Lipinski definition) is 4. The Labute approximate surface area is 141 Å². The van der Waals surface area contributed by atoms with Gasteiger partial charge < -0.3 is 9.64 Å². The van der Waals surface area contributed by atoms with Gasteiger partial charge in [-0.3, -0.25) is 14.4 Å². The number of Topliss-reactive ketones (excluding diaryl/α,β-unsaturated/α-hetero) is 1. The molecule has 0 aliphatic carbocycles. The molecule has 1 heterocycles. The molecule has 1 unspecified atom stereocenters. The van der Waals surface area contributed by atoms with Gasteiger partial charge in [-0.1, -0.05) is 20.8 Å². The van der Waals surface area contributed by atoms with Gasteiger partial charge in [0, 0.05) is 13.5 Å². The Hall–Kier alpha value is -1.39. The zero-order valence-electron chi connectivity index (χ0n) is 16.2. The smallest absolute Gasteiger partial charge is 0.311 e. The molecule has 23 heavy (non-hydrogen) atoms. The molecule has 0 N–H and O–H groups in total. The largest absolute Gasteiger partial charge is 0.465 e. The fourth-order valence-electron chi connectivity index (χ4n) is 1.98. The Morgan fingerprint density at radius 3 is 1.96 bits per heavy atom. The molecule has 0 aromatic rings. The number of carbonyl (C=O) groups excluding carboxylic acids is 3. The summed E-state index contributed by atoms with van der Waals surface area (Å²) in [4.78, 5) is 34.6. The molecule has 0 spiro atoms. The number of likely N-dealkylation sites (tertiary alicyclic amines) is 1. The molecule has 0 saturated carbocycles. The number of amides is 1. The highest BCUT2D eigenvalue weighted by molar-refractivity contribution is 5.87. The molecule has 1 fully saturated rings. The molecule has 1 saturated heterocycles. The summed E-state index contributed by atoms with van der Waals surface area (Å²) in [5, 5.41) is 0. The maximum Gasteiger partial charge on any atom is 0.311 e. The molecular weight excluding hydrogens is 294 g/mol. The molecule has 5 nitrogen and oxygen atoms in total. The van der Waals surface area contributed by atoms with Crippen LogP contribution in [0.2, 0.25) is 0 Å². The molecule has 0 aromatic carbocycles. The summed E-state index contributed by atoms with van der Waals surface area (Å²) < 4.78 is 4.92. The first-order chi connectivity index (χ1) is 10.6. The van der Waals surface area contributed by atoms with E-state index in [-0.39, 0.29) is 29.1 Å². The maximum absolute atomic E-state index is 11.0. The van der Waals surface area contributed by atoms with Crippen molar-refractivity contribution in [1.82, 2.24) is 4.90 Å². The van der Waals surface area contributed by atoms with Crippen LogP contribution in [0, 0.1) is 5.41 Å². The SMILES string of the molecule is CC.CC(=O)C1CCCN1C(C)=O.CCCOC(=O)C(C)(C)C. The third kappa shape index (κ3) is 10.1. The van der Waals surface area contributed by atoms with Crippen LogP contribution < -0.4 is 0 Å². The van der Waals surface area contributed by atoms with Gasteiger partial charge in [0.15, 0.2) is 5.78 Å². The topological polar surface area (TPSA) is 63.7 Å². The number of ether oxygens (including phenoxy) is 1. The van der Waals surface area contributed by atoms with Crippen LogP contribution in [0.5, 0.6) is 0 Å². The second-order valence-corrected chi connectivity index (χ2v) is 6.37. The van der Waals surface area contributed by atoms with E-state index < -0.39 is 0 Å². The lowest BCUT2D eigenvalue weighted by molar-refractivity contribution is -0.152. The first-order valence-corrected chi connectivity index (χ1v) is 8.56. The van der Waals surface area contributed by atoms with Gasteiger partial charge in [-0.15, -0.1) is 0 Å². The van der Waals surface area contributed by atoms with Gasteiger partial charge in [-0.05, 0) is 47.0 Å². The van der Waals surface area contributed by atoms with E-state index in [1.54, 1.807) is 11.8 Å². The van der Waals surface area contributed by atoms with Gasteiger partial charge in [-0.2, -0.15) is 0 Å². The van der Waals surface area contributed by atoms with Crippen molar-refractivity contribution in [3.63, 3.8) is 0 Å². The van der Waals surface area contributed by atoms with Crippen LogP contribution in [0.25, 0.3) is 0 Å². The fourth-order valence-corrected chi connectivity index (χ4v) is 1.98. The molecule has 0 bridgehead atoms. The number of rotatable bonds is 3. The van der Waals surface area contributed by atoms with Crippen LogP contribution in [-0.4, -0.2) is 41.8 Å². The van der Waals surface area contributed by atoms with Gasteiger partial charge in [0.25, 0.3) is 0 Å². The number of nitrogens with zero attached hydrogens (tertiary/aromatic N) is 1. The van der Waals surface area contributed by atoms with Gasteiger partial charge in [0.2, 0.25) is 5.91 Å². The summed E-state index contributed by atoms with van der Waals surface area (Å²) in [6.45, 7) is 15.9. The van der Waals surface area contributed by atoms with E-state index in [2.05, 4.69) is 0 Å². The highest BCUT2D eigenvalue weighted by Crippen LogP contribution is 2.17. The quantitative estimate of drug-likeness (QED) is 0.742. The van der Waals surface area contributed by atoms with Gasteiger partial charge in [-0.25, -0.2) is 0 Å². The first-order valence-electron chi connectivity index (χ1n) is 8.56. The monoisotopic (exact) mass is 329 g/mol. The van der Waals surface area contributed by atoms with Gasteiger partial charge in [0.05, 0.1) is 18.1 Å². The minimum Gasteiger partial charge on any atom is -0.465 e. The summed E-state index contributed by atoms with van der Waals surface area (Å²) in [6.07, 6.45) is 2.70. The van der Waals surface area contributed by atoms with E-state index in [9.17, 15) is 14.4 Å². The summed E-state index contributed by atoms with van der Waals surface area (Å²) >= 11 is 0. The normalized spacial score (nSPS) is 16.5. The molecule has 136 valence electrons. The standard InChI is InChI=1S/C8H13NO2.C8H16O2.C2H6/c1-6(10)8-4-3-5-9(8)7(2)11;1-5-6-10-7(9)8(2,3)4;1-2/h8H,3-5H2,1-2H3;5-6H2,1-4H3;1-2H3. The van der Waals surface area contributed by atoms with Crippen molar-refractivity contribution >= 4 is 17.7 Å². The van der Waals surface area contributed by atoms with Crippen molar-refractivity contribution in [3.8, 4) is 0 Å². The predicted molar refractivity (Wildman–Crippen MR) is 93.1 cm³/mol. The second-order valence-electron chi connectivity index (χ2n) is 6.37. The predicted octanol–water partition coefficient (Wildman–Crippen LogP) is 3.60. The first kappa shape index (κ1) is 23.9. The van der Waals surface area contributed by atoms with Gasteiger partial charge >= 0.3 is 5.97 Å². The van der Waals surface area contributed by atoms with Crippen molar-refractivity contribution in [3.05, 3.63) is 0 Å². The van der Waals surface area contributed by atoms with Crippen molar-refractivity contribution in [2.75, 3.05) is 13.2 Å². The zero-order chi connectivity index (χ0) is 18.6. The Morgan fingerprint density at radius 2 is 1.65 bits per heavy atom. The molecule has 1 atom stereocenters. The number of carbonyl (C=O) groups is 3. The lowest BCUT2D eigenvalue weighted by Crippen LogP contribution is -2.37. The van der Waals surface area contributed by atoms with E-state index in [0.29, 0.717) is 6.61 Å². The van der Waals surface area contributed by atoms with Gasteiger partial charge in [0.1, 0.15) is 0 Å². The van der Waals surface area contributed by atoms with Crippen molar-refractivity contribution in [1.29, 1.82) is 0 Å². The van der Waals surface area contributed by atoms with E-state index in [0.717, 1.165) is 25.8 Å². The molecule has 5 heteroatoms. The highest BCUT2D eigenvalue weighted by atomic mass is 16.5. The summed E-state index contributed by atoms with van der Waals surface area (Å²) in [6, 6.07) is -0.132. The lowest BCUT2D eigenvalue weighted by Gasteiger charge is -2.20. The van der Waals surface area contributed by atoms with Crippen molar-refractivity contribution in [2.45, 2.75) is 80.7 Å². The average Bonchev–Trinajstić information content (AvgIpc) is 2.96. The minimum absolute atomic E-state index is 0.0164. The molecule has 1 aliphatic rings. The summed E-state index contributed by atoms with van der Waals surface area (Å²) in [5.74, 6) is 0.00903. The van der Waals surface area contributed by atoms with Crippen LogP contribution in [0.1, 0.15) is 74.7 Å². The number of hydrogen-bond donors (Lipinski definition) is 0. The zero-order valence-corrected chi connectivity index (χ0v) is 16.2. The Morgan fingerprint density at radius 1 is 1.13 bits per heavy atom. The maximum atomic E-state index is 11.0. The molecular formula is C18H35NO4. The highest BCUT2D eigenvalue weighted by Gasteiger charge is 2.29. The van der Waals surface area contributed by atoms with E-state index in [1.807, 2.05) is 41.5 Å². The van der Waals surface area contributed by atoms with Crippen molar-refractivity contribution in [2.24, 2.45) is 5.41 Å². The van der Waals surface area contributed by atoms with E-state index in [1.165, 1.54) is 6.92 Å². The number of ketones is 1. The van der Waals surface area contributed by atoms with Crippen LogP contribution >= 0.6 is 0 Å². The minimum atomic E-state index is -0.352. The fraction of sp³-hybridized carbons (Fsp3) is 0.833. The molecule has 1 aliphatic heterocycles. The number of esters is 1. The average molecular weight is 329 g/mol. The van der Waals surface area contributed by atoms with Crippen LogP contribution in [0.4, 0.5) is 0 Å². The summed E-state index contributed by atoms with van der Waals surface area (Å²) in [5.41, 5.74) is -0.352. The van der Waals surface area contributed by atoms with Crippen LogP contribution in [-0.2, 0) is 19.1 Å². The van der Waals surface area contributed by atoms with E-state index >= 15 is 0 Å². The third-order valence-corrected chi connectivity index (χ3v) is 3.18. The molecule has 1 amide bonds. The second kappa shape index (κ2) is 12.1. The molecule has 0 aromatic heterocycles. The third-order valence-electron chi connectivity index (χ3n) is 3.18. The molecule has 0 radical (unpaired) electrons. The van der Waals surface area contributed by atoms with Crippen LogP contribution in [0.15, 0.2) is 0 Å². The van der Waals surface area contributed by atoms with Crippen molar-refractivity contribution < 1.29 is 19.1 Å². The Kier molecular flexibility index (Phi) is 12.5.